The van der Waals surface area contributed by atoms with Gasteiger partial charge in [-0.05, 0) is 48.9 Å². The molecule has 0 radical (unpaired) electrons. The molecule has 1 atom stereocenters. The van der Waals surface area contributed by atoms with Crippen LogP contribution in [0.25, 0.3) is 0 Å². The monoisotopic (exact) mass is 376 g/mol. The number of hydrogen-bond acceptors (Lipinski definition) is 4. The lowest BCUT2D eigenvalue weighted by atomic mass is 10.1. The lowest BCUT2D eigenvalue weighted by Crippen LogP contribution is -2.39. The van der Waals surface area contributed by atoms with Gasteiger partial charge in [0.25, 0.3) is 5.91 Å². The fourth-order valence-corrected chi connectivity index (χ4v) is 3.04. The van der Waals surface area contributed by atoms with Crippen LogP contribution in [0.5, 0.6) is 5.75 Å². The lowest BCUT2D eigenvalue weighted by Gasteiger charge is -2.16. The minimum absolute atomic E-state index is 0.0659. The SMILES string of the molecule is COc1ccc(CCN[C@H]2CC(=O)N(c3ccc(F)c(Cl)c3)C2=O)cc1. The number of benzene rings is 2. The average Bonchev–Trinajstić information content (AvgIpc) is 2.92. The maximum Gasteiger partial charge on any atom is 0.251 e. The van der Waals surface area contributed by atoms with Crippen molar-refractivity contribution in [1.29, 1.82) is 0 Å². The van der Waals surface area contributed by atoms with Crippen LogP contribution in [0.4, 0.5) is 10.1 Å². The summed E-state index contributed by atoms with van der Waals surface area (Å²) in [5, 5.41) is 2.99. The molecule has 2 aromatic carbocycles. The Morgan fingerprint density at radius 1 is 1.23 bits per heavy atom. The van der Waals surface area contributed by atoms with Gasteiger partial charge in [-0.25, -0.2) is 9.29 Å². The number of amides is 2. The number of rotatable bonds is 6. The second-order valence-corrected chi connectivity index (χ2v) is 6.38. The molecular weight excluding hydrogens is 359 g/mol. The van der Waals surface area contributed by atoms with Crippen molar-refractivity contribution in [2.75, 3.05) is 18.6 Å². The highest BCUT2D eigenvalue weighted by Crippen LogP contribution is 2.27. The van der Waals surface area contributed by atoms with E-state index in [1.807, 2.05) is 24.3 Å². The van der Waals surface area contributed by atoms with Crippen molar-refractivity contribution in [1.82, 2.24) is 5.32 Å². The summed E-state index contributed by atoms with van der Waals surface area (Å²) in [7, 11) is 1.61. The van der Waals surface area contributed by atoms with Crippen LogP contribution in [0.3, 0.4) is 0 Å². The minimum Gasteiger partial charge on any atom is -0.497 e. The highest BCUT2D eigenvalue weighted by Gasteiger charge is 2.39. The molecule has 0 unspecified atom stereocenters. The molecule has 0 spiro atoms. The summed E-state index contributed by atoms with van der Waals surface area (Å²) in [6, 6.07) is 10.9. The molecule has 5 nitrogen and oxygen atoms in total. The maximum atomic E-state index is 13.3. The van der Waals surface area contributed by atoms with Crippen molar-refractivity contribution in [2.24, 2.45) is 0 Å². The molecule has 0 aromatic heterocycles. The van der Waals surface area contributed by atoms with Crippen molar-refractivity contribution in [3.8, 4) is 5.75 Å². The van der Waals surface area contributed by atoms with E-state index in [-0.39, 0.29) is 28.9 Å². The quantitative estimate of drug-likeness (QED) is 0.787. The van der Waals surface area contributed by atoms with Gasteiger partial charge in [-0.3, -0.25) is 9.59 Å². The number of anilines is 1. The van der Waals surface area contributed by atoms with Gasteiger partial charge < -0.3 is 10.1 Å². The molecule has 3 rings (SSSR count). The van der Waals surface area contributed by atoms with Gasteiger partial charge in [0.1, 0.15) is 11.6 Å². The molecule has 1 fully saturated rings. The lowest BCUT2D eigenvalue weighted by molar-refractivity contribution is -0.121. The largest absolute Gasteiger partial charge is 0.497 e. The highest BCUT2D eigenvalue weighted by molar-refractivity contribution is 6.31. The Balaban J connectivity index is 1.60. The predicted octanol–water partition coefficient (Wildman–Crippen LogP) is 2.95. The van der Waals surface area contributed by atoms with Crippen LogP contribution in [-0.4, -0.2) is 31.5 Å². The molecule has 2 aromatic rings. The summed E-state index contributed by atoms with van der Waals surface area (Å²) in [5.41, 5.74) is 1.38. The van der Waals surface area contributed by atoms with Crippen molar-refractivity contribution in [3.05, 3.63) is 58.9 Å². The van der Waals surface area contributed by atoms with Gasteiger partial charge in [0.15, 0.2) is 0 Å². The number of methoxy groups -OCH3 is 1. The van der Waals surface area contributed by atoms with E-state index >= 15 is 0 Å². The molecule has 0 bridgehead atoms. The fourth-order valence-electron chi connectivity index (χ4n) is 2.87. The van der Waals surface area contributed by atoms with Gasteiger partial charge in [-0.2, -0.15) is 0 Å². The van der Waals surface area contributed by atoms with Gasteiger partial charge in [0.05, 0.1) is 30.3 Å². The van der Waals surface area contributed by atoms with Crippen LogP contribution in [0.15, 0.2) is 42.5 Å². The summed E-state index contributed by atoms with van der Waals surface area (Å²) in [6.07, 6.45) is 0.779. The first-order valence-corrected chi connectivity index (χ1v) is 8.55. The Bertz CT molecular complexity index is 826. The van der Waals surface area contributed by atoms with Crippen molar-refractivity contribution in [2.45, 2.75) is 18.9 Å². The number of halogens is 2. The number of hydrogen-bond donors (Lipinski definition) is 1. The summed E-state index contributed by atoms with van der Waals surface area (Å²) in [6.45, 7) is 0.550. The van der Waals surface area contributed by atoms with Crippen molar-refractivity contribution < 1.29 is 18.7 Å². The molecule has 26 heavy (non-hydrogen) atoms. The fraction of sp³-hybridized carbons (Fsp3) is 0.263. The van der Waals surface area contributed by atoms with E-state index in [1.54, 1.807) is 7.11 Å². The van der Waals surface area contributed by atoms with Crippen LogP contribution >= 0.6 is 11.6 Å². The Morgan fingerprint density at radius 3 is 2.62 bits per heavy atom. The van der Waals surface area contributed by atoms with E-state index in [2.05, 4.69) is 5.32 Å². The van der Waals surface area contributed by atoms with E-state index < -0.39 is 11.9 Å². The molecule has 136 valence electrons. The number of carbonyl (C=O) groups is 2. The summed E-state index contributed by atoms with van der Waals surface area (Å²) < 4.78 is 18.4. The van der Waals surface area contributed by atoms with Crippen LogP contribution in [0.1, 0.15) is 12.0 Å². The molecule has 2 amide bonds. The first kappa shape index (κ1) is 18.4. The van der Waals surface area contributed by atoms with Gasteiger partial charge in [0, 0.05) is 0 Å². The van der Waals surface area contributed by atoms with Gasteiger partial charge in [-0.1, -0.05) is 23.7 Å². The zero-order valence-electron chi connectivity index (χ0n) is 14.2. The van der Waals surface area contributed by atoms with E-state index in [0.717, 1.165) is 22.3 Å². The van der Waals surface area contributed by atoms with E-state index in [9.17, 15) is 14.0 Å². The molecule has 7 heteroatoms. The molecule has 1 aliphatic rings. The standard InChI is InChI=1S/C19H18ClFN2O3/c1-26-14-5-2-12(3-6-14)8-9-22-17-11-18(24)23(19(17)25)13-4-7-16(21)15(20)10-13/h2-7,10,17,22H,8-9,11H2,1H3/t17-/m0/s1. The van der Waals surface area contributed by atoms with Crippen LogP contribution < -0.4 is 15.0 Å². The molecule has 0 aliphatic carbocycles. The highest BCUT2D eigenvalue weighted by atomic mass is 35.5. The van der Waals surface area contributed by atoms with Crippen LogP contribution in [0.2, 0.25) is 5.02 Å². The third kappa shape index (κ3) is 3.86. The van der Waals surface area contributed by atoms with Crippen LogP contribution in [0, 0.1) is 5.82 Å². The van der Waals surface area contributed by atoms with Gasteiger partial charge in [-0.15, -0.1) is 0 Å². The topological polar surface area (TPSA) is 58.6 Å². The Labute approximate surface area is 155 Å². The third-order valence-corrected chi connectivity index (χ3v) is 4.56. The minimum atomic E-state index is -0.594. The molecule has 1 aliphatic heterocycles. The molecule has 0 saturated carbocycles. The first-order valence-electron chi connectivity index (χ1n) is 8.18. The van der Waals surface area contributed by atoms with Crippen LogP contribution in [-0.2, 0) is 16.0 Å². The van der Waals surface area contributed by atoms with Gasteiger partial charge >= 0.3 is 0 Å². The normalized spacial score (nSPS) is 17.0. The summed E-state index contributed by atoms with van der Waals surface area (Å²) in [4.78, 5) is 25.8. The Kier molecular flexibility index (Phi) is 5.54. The number of ether oxygens (including phenoxy) is 1. The van der Waals surface area contributed by atoms with E-state index in [1.165, 1.54) is 12.1 Å². The smallest absolute Gasteiger partial charge is 0.251 e. The zero-order chi connectivity index (χ0) is 18.7. The Hall–Kier alpha value is -2.44. The van der Waals surface area contributed by atoms with Crippen molar-refractivity contribution in [3.63, 3.8) is 0 Å². The Morgan fingerprint density at radius 2 is 1.96 bits per heavy atom. The molecule has 1 saturated heterocycles. The number of carbonyl (C=O) groups excluding carboxylic acids is 2. The molecule has 1 N–H and O–H groups in total. The predicted molar refractivity (Wildman–Crippen MR) is 97.0 cm³/mol. The molecule has 1 heterocycles. The molecular formula is C19H18ClFN2O3. The zero-order valence-corrected chi connectivity index (χ0v) is 14.9. The average molecular weight is 377 g/mol. The van der Waals surface area contributed by atoms with E-state index in [0.29, 0.717) is 13.0 Å². The first-order chi connectivity index (χ1) is 12.5. The number of imide groups is 1. The summed E-state index contributed by atoms with van der Waals surface area (Å²) in [5.74, 6) is -0.498. The van der Waals surface area contributed by atoms with E-state index in [4.69, 9.17) is 16.3 Å². The summed E-state index contributed by atoms with van der Waals surface area (Å²) >= 11 is 5.75. The number of nitrogens with one attached hydrogen (secondary N) is 1. The number of nitrogens with zero attached hydrogens (tertiary/aromatic N) is 1. The van der Waals surface area contributed by atoms with Gasteiger partial charge in [0.2, 0.25) is 5.91 Å². The second-order valence-electron chi connectivity index (χ2n) is 5.97. The second kappa shape index (κ2) is 7.85. The maximum absolute atomic E-state index is 13.3. The van der Waals surface area contributed by atoms with Crippen molar-refractivity contribution >= 4 is 29.1 Å². The third-order valence-electron chi connectivity index (χ3n) is 4.27.